The number of amides is 2. The number of hydrogen-bond acceptors (Lipinski definition) is 3. The summed E-state index contributed by atoms with van der Waals surface area (Å²) in [6, 6.07) is -0.597. The number of hydrogen-bond donors (Lipinski definition) is 3. The fraction of sp³-hybridized carbons (Fsp3) is 0.875. The Morgan fingerprint density at radius 1 is 1.62 bits per heavy atom. The van der Waals surface area contributed by atoms with Gasteiger partial charge in [-0.25, -0.2) is 4.79 Å². The van der Waals surface area contributed by atoms with E-state index in [9.17, 15) is 4.79 Å². The summed E-state index contributed by atoms with van der Waals surface area (Å²) >= 11 is 0. The molecule has 0 aromatic heterocycles. The van der Waals surface area contributed by atoms with Crippen LogP contribution in [0.5, 0.6) is 0 Å². The van der Waals surface area contributed by atoms with Gasteiger partial charge in [0.05, 0.1) is 19.3 Å². The van der Waals surface area contributed by atoms with Crippen molar-refractivity contribution in [3.63, 3.8) is 0 Å². The van der Waals surface area contributed by atoms with Crippen molar-refractivity contribution < 1.29 is 14.6 Å². The molecule has 1 unspecified atom stereocenters. The number of aliphatic hydroxyl groups excluding tert-OH is 1. The van der Waals surface area contributed by atoms with E-state index >= 15 is 0 Å². The Hall–Kier alpha value is -0.810. The monoisotopic (exact) mass is 190 g/mol. The maximum absolute atomic E-state index is 11.1. The zero-order valence-corrected chi connectivity index (χ0v) is 8.17. The standard InChI is InChI=1S/C8H18N2O3/c1-3-4-9-8(12)10-7(5-11)6-13-2/h7,11H,3-6H2,1-2H3,(H2,9,10,12). The fourth-order valence-electron chi connectivity index (χ4n) is 0.816. The van der Waals surface area contributed by atoms with Gasteiger partial charge in [0.25, 0.3) is 0 Å². The second kappa shape index (κ2) is 7.82. The predicted molar refractivity (Wildman–Crippen MR) is 49.6 cm³/mol. The molecule has 0 heterocycles. The lowest BCUT2D eigenvalue weighted by Gasteiger charge is -2.15. The van der Waals surface area contributed by atoms with Crippen LogP contribution in [0.25, 0.3) is 0 Å². The molecule has 0 aliphatic carbocycles. The molecule has 0 bridgehead atoms. The van der Waals surface area contributed by atoms with E-state index in [1.165, 1.54) is 7.11 Å². The molecule has 0 saturated carbocycles. The summed E-state index contributed by atoms with van der Waals surface area (Å²) in [5.74, 6) is 0. The molecule has 0 aromatic rings. The van der Waals surface area contributed by atoms with Gasteiger partial charge in [0.2, 0.25) is 0 Å². The summed E-state index contributed by atoms with van der Waals surface area (Å²) in [7, 11) is 1.52. The largest absolute Gasteiger partial charge is 0.394 e. The minimum atomic E-state index is -0.332. The number of ether oxygens (including phenoxy) is 1. The molecular weight excluding hydrogens is 172 g/mol. The van der Waals surface area contributed by atoms with Gasteiger partial charge in [0.1, 0.15) is 0 Å². The van der Waals surface area contributed by atoms with E-state index in [0.717, 1.165) is 6.42 Å². The highest BCUT2D eigenvalue weighted by atomic mass is 16.5. The molecule has 0 aliphatic rings. The van der Waals surface area contributed by atoms with E-state index in [-0.39, 0.29) is 18.7 Å². The van der Waals surface area contributed by atoms with Crippen LogP contribution in [0, 0.1) is 0 Å². The number of urea groups is 1. The van der Waals surface area contributed by atoms with Crippen LogP contribution in [-0.2, 0) is 4.74 Å². The first kappa shape index (κ1) is 12.2. The van der Waals surface area contributed by atoms with Crippen molar-refractivity contribution in [1.29, 1.82) is 0 Å². The van der Waals surface area contributed by atoms with Crippen LogP contribution in [0.3, 0.4) is 0 Å². The van der Waals surface area contributed by atoms with Gasteiger partial charge in [-0.05, 0) is 6.42 Å². The Kier molecular flexibility index (Phi) is 7.33. The lowest BCUT2D eigenvalue weighted by Crippen LogP contribution is -2.46. The van der Waals surface area contributed by atoms with Gasteiger partial charge in [-0.3, -0.25) is 0 Å². The molecule has 0 aromatic carbocycles. The quantitative estimate of drug-likeness (QED) is 0.538. The normalized spacial score (nSPS) is 12.2. The molecule has 3 N–H and O–H groups in total. The summed E-state index contributed by atoms with van der Waals surface area (Å²) in [4.78, 5) is 11.1. The van der Waals surface area contributed by atoms with Crippen LogP contribution in [0.4, 0.5) is 4.79 Å². The molecule has 5 nitrogen and oxygen atoms in total. The highest BCUT2D eigenvalue weighted by Crippen LogP contribution is 1.83. The van der Waals surface area contributed by atoms with Crippen LogP contribution in [0.1, 0.15) is 13.3 Å². The van der Waals surface area contributed by atoms with E-state index in [0.29, 0.717) is 13.2 Å². The molecule has 0 radical (unpaired) electrons. The van der Waals surface area contributed by atoms with Crippen molar-refractivity contribution in [2.75, 3.05) is 26.9 Å². The number of carbonyl (C=O) groups excluding carboxylic acids is 1. The average molecular weight is 190 g/mol. The van der Waals surface area contributed by atoms with E-state index in [4.69, 9.17) is 9.84 Å². The van der Waals surface area contributed by atoms with Crippen molar-refractivity contribution in [3.8, 4) is 0 Å². The second-order valence-corrected chi connectivity index (χ2v) is 2.74. The van der Waals surface area contributed by atoms with Crippen molar-refractivity contribution in [3.05, 3.63) is 0 Å². The van der Waals surface area contributed by atoms with Crippen molar-refractivity contribution >= 4 is 6.03 Å². The molecule has 13 heavy (non-hydrogen) atoms. The minimum absolute atomic E-state index is 0.118. The van der Waals surface area contributed by atoms with Gasteiger partial charge >= 0.3 is 6.03 Å². The van der Waals surface area contributed by atoms with Gasteiger partial charge in [0.15, 0.2) is 0 Å². The van der Waals surface area contributed by atoms with Crippen LogP contribution in [0.15, 0.2) is 0 Å². The smallest absolute Gasteiger partial charge is 0.315 e. The number of nitrogens with one attached hydrogen (secondary N) is 2. The lowest BCUT2D eigenvalue weighted by molar-refractivity contribution is 0.130. The average Bonchev–Trinajstić information content (AvgIpc) is 2.14. The SMILES string of the molecule is CCCNC(=O)NC(CO)COC. The molecule has 78 valence electrons. The molecule has 0 aliphatic heterocycles. The summed E-state index contributed by atoms with van der Waals surface area (Å²) in [6.45, 7) is 2.80. The molecule has 0 fully saturated rings. The van der Waals surface area contributed by atoms with Crippen molar-refractivity contribution in [2.45, 2.75) is 19.4 Å². The Bertz CT molecular complexity index is 141. The third kappa shape index (κ3) is 6.36. The Balaban J connectivity index is 3.60. The lowest BCUT2D eigenvalue weighted by atomic mass is 10.3. The Morgan fingerprint density at radius 2 is 2.31 bits per heavy atom. The molecular formula is C8H18N2O3. The Morgan fingerprint density at radius 3 is 2.77 bits per heavy atom. The van der Waals surface area contributed by atoms with Crippen molar-refractivity contribution in [2.24, 2.45) is 0 Å². The van der Waals surface area contributed by atoms with Gasteiger partial charge in [-0.2, -0.15) is 0 Å². The number of methoxy groups -OCH3 is 1. The molecule has 0 spiro atoms. The zero-order valence-electron chi connectivity index (χ0n) is 8.17. The van der Waals surface area contributed by atoms with E-state index in [1.54, 1.807) is 0 Å². The first-order valence-corrected chi connectivity index (χ1v) is 4.38. The molecule has 2 amide bonds. The first-order chi connectivity index (χ1) is 6.24. The zero-order chi connectivity index (χ0) is 10.1. The highest BCUT2D eigenvalue weighted by Gasteiger charge is 2.09. The maximum Gasteiger partial charge on any atom is 0.315 e. The summed E-state index contributed by atoms with van der Waals surface area (Å²) in [5.41, 5.74) is 0. The topological polar surface area (TPSA) is 70.6 Å². The maximum atomic E-state index is 11.1. The number of aliphatic hydroxyl groups is 1. The Labute approximate surface area is 78.5 Å². The highest BCUT2D eigenvalue weighted by molar-refractivity contribution is 5.74. The molecule has 1 atom stereocenters. The van der Waals surface area contributed by atoms with Crippen LogP contribution in [-0.4, -0.2) is 44.0 Å². The second-order valence-electron chi connectivity index (χ2n) is 2.74. The van der Waals surface area contributed by atoms with Crippen LogP contribution in [0.2, 0.25) is 0 Å². The van der Waals surface area contributed by atoms with Gasteiger partial charge in [-0.1, -0.05) is 6.92 Å². The molecule has 0 saturated heterocycles. The summed E-state index contributed by atoms with van der Waals surface area (Å²) in [6.07, 6.45) is 0.890. The summed E-state index contributed by atoms with van der Waals surface area (Å²) in [5, 5.41) is 14.0. The first-order valence-electron chi connectivity index (χ1n) is 4.38. The van der Waals surface area contributed by atoms with Gasteiger partial charge < -0.3 is 20.5 Å². The van der Waals surface area contributed by atoms with Crippen LogP contribution < -0.4 is 10.6 Å². The molecule has 5 heteroatoms. The molecule has 0 rings (SSSR count). The third-order valence-electron chi connectivity index (χ3n) is 1.46. The number of carbonyl (C=O) groups is 1. The van der Waals surface area contributed by atoms with E-state index < -0.39 is 0 Å². The van der Waals surface area contributed by atoms with E-state index in [2.05, 4.69) is 10.6 Å². The summed E-state index contributed by atoms with van der Waals surface area (Å²) < 4.78 is 4.80. The van der Waals surface area contributed by atoms with Crippen LogP contribution >= 0.6 is 0 Å². The third-order valence-corrected chi connectivity index (χ3v) is 1.46. The van der Waals surface area contributed by atoms with Gasteiger partial charge in [-0.15, -0.1) is 0 Å². The fourth-order valence-corrected chi connectivity index (χ4v) is 0.816. The van der Waals surface area contributed by atoms with E-state index in [1.807, 2.05) is 6.92 Å². The number of rotatable bonds is 6. The predicted octanol–water partition coefficient (Wildman–Crippen LogP) is -0.297. The minimum Gasteiger partial charge on any atom is -0.394 e. The van der Waals surface area contributed by atoms with Gasteiger partial charge in [0, 0.05) is 13.7 Å². The van der Waals surface area contributed by atoms with Crippen molar-refractivity contribution in [1.82, 2.24) is 10.6 Å².